The highest BCUT2D eigenvalue weighted by Gasteiger charge is 2.21. The minimum absolute atomic E-state index is 0.198. The third-order valence-corrected chi connectivity index (χ3v) is 6.49. The van der Waals surface area contributed by atoms with Crippen molar-refractivity contribution in [1.82, 2.24) is 19.6 Å². The molecule has 26 heavy (non-hydrogen) atoms. The van der Waals surface area contributed by atoms with Crippen LogP contribution < -0.4 is 0 Å². The van der Waals surface area contributed by atoms with Crippen LogP contribution in [0, 0.1) is 10.5 Å². The molecule has 1 aliphatic rings. The predicted octanol–water partition coefficient (Wildman–Crippen LogP) is 3.84. The van der Waals surface area contributed by atoms with Crippen molar-refractivity contribution in [1.29, 1.82) is 0 Å². The Morgan fingerprint density at radius 3 is 2.54 bits per heavy atom. The molecule has 3 rings (SSSR count). The first-order valence-electron chi connectivity index (χ1n) is 8.56. The molecule has 0 spiro atoms. The second kappa shape index (κ2) is 8.91. The number of rotatable bonds is 5. The van der Waals surface area contributed by atoms with E-state index >= 15 is 0 Å². The van der Waals surface area contributed by atoms with Gasteiger partial charge in [0, 0.05) is 51.4 Å². The van der Waals surface area contributed by atoms with E-state index in [1.807, 2.05) is 40.9 Å². The third kappa shape index (κ3) is 4.91. The lowest BCUT2D eigenvalue weighted by atomic mass is 10.2. The molecule has 1 aliphatic heterocycles. The maximum absolute atomic E-state index is 12.5. The highest BCUT2D eigenvalue weighted by Crippen LogP contribution is 2.23. The number of halogens is 3. The number of aromatic nitrogens is 2. The summed E-state index contributed by atoms with van der Waals surface area (Å²) in [7, 11) is 0. The number of nitrogens with zero attached hydrogens (tertiary/aromatic N) is 4. The highest BCUT2D eigenvalue weighted by atomic mass is 127. The summed E-state index contributed by atoms with van der Waals surface area (Å²) in [5.74, 6) is 0.198. The predicted molar refractivity (Wildman–Crippen MR) is 113 cm³/mol. The first-order valence-corrected chi connectivity index (χ1v) is 10.4. The van der Waals surface area contributed by atoms with E-state index in [9.17, 15) is 4.79 Å². The molecule has 0 saturated carbocycles. The SMILES string of the molecule is Cc1c(I)cnn1CCC(=O)N1CCN(Cc2ccc(Cl)c(Cl)c2)CC1. The summed E-state index contributed by atoms with van der Waals surface area (Å²) in [5.41, 5.74) is 2.26. The number of carbonyl (C=O) groups is 1. The fourth-order valence-corrected chi connectivity index (χ4v) is 3.78. The van der Waals surface area contributed by atoms with Crippen LogP contribution in [-0.2, 0) is 17.9 Å². The summed E-state index contributed by atoms with van der Waals surface area (Å²) in [6.07, 6.45) is 2.33. The van der Waals surface area contributed by atoms with Gasteiger partial charge in [0.15, 0.2) is 0 Å². The van der Waals surface area contributed by atoms with Gasteiger partial charge in [-0.05, 0) is 47.2 Å². The van der Waals surface area contributed by atoms with Crippen molar-refractivity contribution in [3.63, 3.8) is 0 Å². The number of amides is 1. The van der Waals surface area contributed by atoms with Gasteiger partial charge >= 0.3 is 0 Å². The zero-order valence-electron chi connectivity index (χ0n) is 14.6. The number of carbonyl (C=O) groups excluding carboxylic acids is 1. The van der Waals surface area contributed by atoms with Crippen LogP contribution in [0.5, 0.6) is 0 Å². The van der Waals surface area contributed by atoms with Crippen molar-refractivity contribution >= 4 is 51.7 Å². The van der Waals surface area contributed by atoms with Gasteiger partial charge in [-0.2, -0.15) is 5.10 Å². The van der Waals surface area contributed by atoms with Crippen LogP contribution in [0.2, 0.25) is 10.0 Å². The van der Waals surface area contributed by atoms with Crippen LogP contribution in [0.1, 0.15) is 17.7 Å². The first kappa shape index (κ1) is 19.9. The van der Waals surface area contributed by atoms with Gasteiger partial charge in [0.05, 0.1) is 19.8 Å². The van der Waals surface area contributed by atoms with E-state index in [0.717, 1.165) is 47.6 Å². The molecule has 5 nitrogen and oxygen atoms in total. The van der Waals surface area contributed by atoms with Gasteiger partial charge in [0.1, 0.15) is 0 Å². The summed E-state index contributed by atoms with van der Waals surface area (Å²) < 4.78 is 3.03. The molecular formula is C18H21Cl2IN4O. The number of piperazine rings is 1. The maximum Gasteiger partial charge on any atom is 0.224 e. The molecule has 2 aromatic rings. The van der Waals surface area contributed by atoms with E-state index in [4.69, 9.17) is 23.2 Å². The fraction of sp³-hybridized carbons (Fsp3) is 0.444. The van der Waals surface area contributed by atoms with Crippen molar-refractivity contribution < 1.29 is 4.79 Å². The molecular weight excluding hydrogens is 486 g/mol. The molecule has 1 amide bonds. The van der Waals surface area contributed by atoms with E-state index in [2.05, 4.69) is 32.6 Å². The quantitative estimate of drug-likeness (QED) is 0.578. The third-order valence-electron chi connectivity index (χ3n) is 4.70. The van der Waals surface area contributed by atoms with Crippen LogP contribution in [0.25, 0.3) is 0 Å². The van der Waals surface area contributed by atoms with Gasteiger partial charge in [-0.25, -0.2) is 0 Å². The Morgan fingerprint density at radius 1 is 1.19 bits per heavy atom. The Kier molecular flexibility index (Phi) is 6.82. The minimum atomic E-state index is 0.198. The average molecular weight is 507 g/mol. The van der Waals surface area contributed by atoms with Crippen LogP contribution >= 0.6 is 45.8 Å². The van der Waals surface area contributed by atoms with E-state index in [-0.39, 0.29) is 5.91 Å². The van der Waals surface area contributed by atoms with Crippen LogP contribution in [-0.4, -0.2) is 51.7 Å². The lowest BCUT2D eigenvalue weighted by Crippen LogP contribution is -2.48. The lowest BCUT2D eigenvalue weighted by molar-refractivity contribution is -0.133. The summed E-state index contributed by atoms with van der Waals surface area (Å²) >= 11 is 14.3. The largest absolute Gasteiger partial charge is 0.340 e. The standard InChI is InChI=1S/C18H21Cl2IN4O/c1-13-17(21)11-22-25(13)5-4-18(26)24-8-6-23(7-9-24)12-14-2-3-15(19)16(20)10-14/h2-3,10-11H,4-9,12H2,1H3. The molecule has 1 fully saturated rings. The second-order valence-electron chi connectivity index (χ2n) is 6.46. The summed E-state index contributed by atoms with van der Waals surface area (Å²) in [6, 6.07) is 5.74. The molecule has 1 aromatic carbocycles. The first-order chi connectivity index (χ1) is 12.4. The highest BCUT2D eigenvalue weighted by molar-refractivity contribution is 14.1. The summed E-state index contributed by atoms with van der Waals surface area (Å²) in [6.45, 7) is 6.74. The minimum Gasteiger partial charge on any atom is -0.340 e. The Bertz CT molecular complexity index is 787. The molecule has 140 valence electrons. The monoisotopic (exact) mass is 506 g/mol. The van der Waals surface area contributed by atoms with E-state index < -0.39 is 0 Å². The van der Waals surface area contributed by atoms with Gasteiger partial charge in [-0.3, -0.25) is 14.4 Å². The smallest absolute Gasteiger partial charge is 0.224 e. The normalized spacial score (nSPS) is 15.5. The molecule has 0 unspecified atom stereocenters. The van der Waals surface area contributed by atoms with Crippen molar-refractivity contribution in [3.8, 4) is 0 Å². The van der Waals surface area contributed by atoms with E-state index in [0.29, 0.717) is 23.0 Å². The number of aryl methyl sites for hydroxylation is 1. The number of hydrogen-bond acceptors (Lipinski definition) is 3. The Hall–Kier alpha value is -0.830. The van der Waals surface area contributed by atoms with Crippen LogP contribution in [0.4, 0.5) is 0 Å². The van der Waals surface area contributed by atoms with E-state index in [1.165, 1.54) is 0 Å². The summed E-state index contributed by atoms with van der Waals surface area (Å²) in [4.78, 5) is 16.8. The zero-order chi connectivity index (χ0) is 18.7. The molecule has 0 aliphatic carbocycles. The molecule has 1 saturated heterocycles. The Morgan fingerprint density at radius 2 is 1.92 bits per heavy atom. The van der Waals surface area contributed by atoms with Crippen molar-refractivity contribution in [3.05, 3.63) is 49.3 Å². The fourth-order valence-electron chi connectivity index (χ4n) is 3.06. The lowest BCUT2D eigenvalue weighted by Gasteiger charge is -2.35. The molecule has 8 heteroatoms. The number of benzene rings is 1. The molecule has 2 heterocycles. The van der Waals surface area contributed by atoms with Crippen molar-refractivity contribution in [2.75, 3.05) is 26.2 Å². The van der Waals surface area contributed by atoms with Crippen molar-refractivity contribution in [2.45, 2.75) is 26.4 Å². The van der Waals surface area contributed by atoms with Crippen LogP contribution in [0.3, 0.4) is 0 Å². The van der Waals surface area contributed by atoms with E-state index in [1.54, 1.807) is 0 Å². The van der Waals surface area contributed by atoms with Crippen LogP contribution in [0.15, 0.2) is 24.4 Å². The maximum atomic E-state index is 12.5. The van der Waals surface area contributed by atoms with Gasteiger partial charge in [-0.1, -0.05) is 29.3 Å². The topological polar surface area (TPSA) is 41.4 Å². The second-order valence-corrected chi connectivity index (χ2v) is 8.43. The van der Waals surface area contributed by atoms with Gasteiger partial charge in [0.2, 0.25) is 5.91 Å². The Balaban J connectivity index is 1.46. The van der Waals surface area contributed by atoms with Gasteiger partial charge < -0.3 is 4.90 Å². The summed E-state index contributed by atoms with van der Waals surface area (Å²) in [5, 5.41) is 5.48. The average Bonchev–Trinajstić information content (AvgIpc) is 2.95. The van der Waals surface area contributed by atoms with Gasteiger partial charge in [0.25, 0.3) is 0 Å². The molecule has 0 atom stereocenters. The Labute approximate surface area is 177 Å². The molecule has 0 N–H and O–H groups in total. The molecule has 0 radical (unpaired) electrons. The van der Waals surface area contributed by atoms with Gasteiger partial charge in [-0.15, -0.1) is 0 Å². The number of hydrogen-bond donors (Lipinski definition) is 0. The zero-order valence-corrected chi connectivity index (χ0v) is 18.3. The molecule has 0 bridgehead atoms. The molecule has 1 aromatic heterocycles. The van der Waals surface area contributed by atoms with Crippen molar-refractivity contribution in [2.24, 2.45) is 0 Å².